The van der Waals surface area contributed by atoms with Crippen LogP contribution >= 0.6 is 0 Å². The van der Waals surface area contributed by atoms with Crippen molar-refractivity contribution in [2.75, 3.05) is 24.2 Å². The Morgan fingerprint density at radius 1 is 1.16 bits per heavy atom. The smallest absolute Gasteiger partial charge is 0.255 e. The summed E-state index contributed by atoms with van der Waals surface area (Å²) in [6.07, 6.45) is 3.61. The van der Waals surface area contributed by atoms with Gasteiger partial charge in [0.2, 0.25) is 5.91 Å². The van der Waals surface area contributed by atoms with Crippen LogP contribution in [-0.2, 0) is 4.79 Å². The second-order valence-corrected chi connectivity index (χ2v) is 5.90. The number of aromatic nitrogens is 1. The molecule has 1 aromatic heterocycles. The molecule has 0 aliphatic carbocycles. The van der Waals surface area contributed by atoms with Gasteiger partial charge in [-0.1, -0.05) is 19.4 Å². The molecule has 2 rings (SSSR count). The monoisotopic (exact) mass is 340 g/mol. The maximum atomic E-state index is 12.3. The SMILES string of the molecule is CCCCN(C)C(=O)c1ccc(Nc2cccc(NC(C)=O)c2)nc1. The molecular formula is C19H24N4O2. The standard InChI is InChI=1S/C19H24N4O2/c1-4-5-11-23(3)19(25)15-9-10-18(20-13-15)22-17-8-6-7-16(12-17)21-14(2)24/h6-10,12-13H,4-5,11H2,1-3H3,(H,20,22)(H,21,24). The highest BCUT2D eigenvalue weighted by molar-refractivity contribution is 5.94. The summed E-state index contributed by atoms with van der Waals surface area (Å²) >= 11 is 0. The zero-order valence-corrected chi connectivity index (χ0v) is 14.9. The van der Waals surface area contributed by atoms with E-state index in [9.17, 15) is 9.59 Å². The summed E-state index contributed by atoms with van der Waals surface area (Å²) in [4.78, 5) is 29.4. The summed E-state index contributed by atoms with van der Waals surface area (Å²) in [5, 5.41) is 5.89. The van der Waals surface area contributed by atoms with Gasteiger partial charge in [-0.05, 0) is 36.8 Å². The minimum atomic E-state index is -0.120. The van der Waals surface area contributed by atoms with Crippen molar-refractivity contribution < 1.29 is 9.59 Å². The van der Waals surface area contributed by atoms with E-state index < -0.39 is 0 Å². The Hall–Kier alpha value is -2.89. The largest absolute Gasteiger partial charge is 0.342 e. The number of benzene rings is 1. The minimum Gasteiger partial charge on any atom is -0.342 e. The molecule has 0 aliphatic rings. The molecule has 0 atom stereocenters. The number of hydrogen-bond donors (Lipinski definition) is 2. The Kier molecular flexibility index (Phi) is 6.51. The second kappa shape index (κ2) is 8.82. The van der Waals surface area contributed by atoms with Crippen LogP contribution in [0.5, 0.6) is 0 Å². The Labute approximate surface area is 148 Å². The van der Waals surface area contributed by atoms with Crippen molar-refractivity contribution >= 4 is 29.0 Å². The molecule has 0 saturated heterocycles. The van der Waals surface area contributed by atoms with Crippen molar-refractivity contribution in [2.45, 2.75) is 26.7 Å². The number of hydrogen-bond acceptors (Lipinski definition) is 4. The number of carbonyl (C=O) groups excluding carboxylic acids is 2. The lowest BCUT2D eigenvalue weighted by molar-refractivity contribution is -0.114. The predicted octanol–water partition coefficient (Wildman–Crippen LogP) is 3.66. The van der Waals surface area contributed by atoms with E-state index in [-0.39, 0.29) is 11.8 Å². The van der Waals surface area contributed by atoms with Crippen LogP contribution in [0.2, 0.25) is 0 Å². The first-order chi connectivity index (χ1) is 12.0. The minimum absolute atomic E-state index is 0.0276. The van der Waals surface area contributed by atoms with Crippen molar-refractivity contribution in [3.63, 3.8) is 0 Å². The lowest BCUT2D eigenvalue weighted by Crippen LogP contribution is -2.27. The van der Waals surface area contributed by atoms with Gasteiger partial charge in [0, 0.05) is 38.1 Å². The average molecular weight is 340 g/mol. The van der Waals surface area contributed by atoms with Crippen LogP contribution in [0.15, 0.2) is 42.6 Å². The fourth-order valence-corrected chi connectivity index (χ4v) is 2.34. The fourth-order valence-electron chi connectivity index (χ4n) is 2.34. The third-order valence-corrected chi connectivity index (χ3v) is 3.66. The van der Waals surface area contributed by atoms with Gasteiger partial charge in [-0.25, -0.2) is 4.98 Å². The molecular weight excluding hydrogens is 316 g/mol. The van der Waals surface area contributed by atoms with Gasteiger partial charge < -0.3 is 15.5 Å². The Bertz CT molecular complexity index is 728. The lowest BCUT2D eigenvalue weighted by atomic mass is 10.2. The fraction of sp³-hybridized carbons (Fsp3) is 0.316. The number of carbonyl (C=O) groups is 2. The van der Waals surface area contributed by atoms with Gasteiger partial charge in [0.1, 0.15) is 5.82 Å². The number of amides is 2. The molecule has 2 amide bonds. The van der Waals surface area contributed by atoms with Gasteiger partial charge in [-0.2, -0.15) is 0 Å². The molecule has 1 heterocycles. The van der Waals surface area contributed by atoms with E-state index in [0.29, 0.717) is 17.1 Å². The number of rotatable bonds is 7. The van der Waals surface area contributed by atoms with Crippen molar-refractivity contribution in [1.82, 2.24) is 9.88 Å². The van der Waals surface area contributed by atoms with Crippen LogP contribution < -0.4 is 10.6 Å². The van der Waals surface area contributed by atoms with Gasteiger partial charge in [0.05, 0.1) is 5.56 Å². The molecule has 0 spiro atoms. The van der Waals surface area contributed by atoms with Gasteiger partial charge in [-0.3, -0.25) is 9.59 Å². The average Bonchev–Trinajstić information content (AvgIpc) is 2.59. The molecule has 0 fully saturated rings. The summed E-state index contributed by atoms with van der Waals surface area (Å²) < 4.78 is 0. The van der Waals surface area contributed by atoms with Gasteiger partial charge >= 0.3 is 0 Å². The summed E-state index contributed by atoms with van der Waals surface area (Å²) in [5.74, 6) is 0.484. The maximum absolute atomic E-state index is 12.3. The molecule has 6 nitrogen and oxygen atoms in total. The highest BCUT2D eigenvalue weighted by Crippen LogP contribution is 2.19. The first kappa shape index (κ1) is 18.4. The van der Waals surface area contributed by atoms with Crippen LogP contribution in [0.4, 0.5) is 17.2 Å². The molecule has 6 heteroatoms. The number of pyridine rings is 1. The molecule has 1 aromatic carbocycles. The van der Waals surface area contributed by atoms with Crippen molar-refractivity contribution in [3.05, 3.63) is 48.2 Å². The molecule has 0 unspecified atom stereocenters. The molecule has 0 radical (unpaired) electrons. The number of nitrogens with zero attached hydrogens (tertiary/aromatic N) is 2. The van der Waals surface area contributed by atoms with E-state index in [1.165, 1.54) is 6.92 Å². The zero-order chi connectivity index (χ0) is 18.2. The van der Waals surface area contributed by atoms with E-state index in [1.807, 2.05) is 24.3 Å². The van der Waals surface area contributed by atoms with Crippen molar-refractivity contribution in [2.24, 2.45) is 0 Å². The van der Waals surface area contributed by atoms with E-state index in [4.69, 9.17) is 0 Å². The van der Waals surface area contributed by atoms with Gasteiger partial charge in [-0.15, -0.1) is 0 Å². The lowest BCUT2D eigenvalue weighted by Gasteiger charge is -2.16. The van der Waals surface area contributed by atoms with Crippen molar-refractivity contribution in [3.8, 4) is 0 Å². The van der Waals surface area contributed by atoms with Crippen LogP contribution in [0, 0.1) is 0 Å². The normalized spacial score (nSPS) is 10.2. The summed E-state index contributed by atoms with van der Waals surface area (Å²) in [6.45, 7) is 4.31. The van der Waals surface area contributed by atoms with Crippen molar-refractivity contribution in [1.29, 1.82) is 0 Å². The van der Waals surface area contributed by atoms with E-state index in [0.717, 1.165) is 25.1 Å². The predicted molar refractivity (Wildman–Crippen MR) is 100 cm³/mol. The second-order valence-electron chi connectivity index (χ2n) is 5.90. The van der Waals surface area contributed by atoms with E-state index in [2.05, 4.69) is 22.5 Å². The summed E-state index contributed by atoms with van der Waals surface area (Å²) in [7, 11) is 1.80. The molecule has 2 N–H and O–H groups in total. The van der Waals surface area contributed by atoms with Crippen LogP contribution in [0.3, 0.4) is 0 Å². The van der Waals surface area contributed by atoms with Gasteiger partial charge in [0.25, 0.3) is 5.91 Å². The quantitative estimate of drug-likeness (QED) is 0.807. The third-order valence-electron chi connectivity index (χ3n) is 3.66. The number of unbranched alkanes of at least 4 members (excludes halogenated alkanes) is 1. The Morgan fingerprint density at radius 2 is 1.92 bits per heavy atom. The Morgan fingerprint density at radius 3 is 2.56 bits per heavy atom. The maximum Gasteiger partial charge on any atom is 0.255 e. The molecule has 2 aromatic rings. The van der Waals surface area contributed by atoms with E-state index >= 15 is 0 Å². The first-order valence-electron chi connectivity index (χ1n) is 8.35. The van der Waals surface area contributed by atoms with Crippen LogP contribution in [0.25, 0.3) is 0 Å². The summed E-state index contributed by atoms with van der Waals surface area (Å²) in [6, 6.07) is 10.9. The van der Waals surface area contributed by atoms with E-state index in [1.54, 1.807) is 30.3 Å². The number of nitrogens with one attached hydrogen (secondary N) is 2. The van der Waals surface area contributed by atoms with Crippen LogP contribution in [0.1, 0.15) is 37.0 Å². The highest BCUT2D eigenvalue weighted by Gasteiger charge is 2.11. The number of anilines is 3. The molecule has 25 heavy (non-hydrogen) atoms. The topological polar surface area (TPSA) is 74.3 Å². The highest BCUT2D eigenvalue weighted by atomic mass is 16.2. The first-order valence-corrected chi connectivity index (χ1v) is 8.35. The molecule has 0 saturated carbocycles. The third kappa shape index (κ3) is 5.60. The zero-order valence-electron chi connectivity index (χ0n) is 14.9. The van der Waals surface area contributed by atoms with Gasteiger partial charge in [0.15, 0.2) is 0 Å². The molecule has 0 aliphatic heterocycles. The van der Waals surface area contributed by atoms with Crippen LogP contribution in [-0.4, -0.2) is 35.3 Å². The summed E-state index contributed by atoms with van der Waals surface area (Å²) in [5.41, 5.74) is 2.08. The molecule has 132 valence electrons. The molecule has 0 bridgehead atoms. The Balaban J connectivity index is 2.03.